The van der Waals surface area contributed by atoms with Gasteiger partial charge in [0, 0.05) is 25.9 Å². The Kier molecular flexibility index (Phi) is 7.60. The Balaban J connectivity index is 2.27. The second-order valence-corrected chi connectivity index (χ2v) is 4.23. The summed E-state index contributed by atoms with van der Waals surface area (Å²) in [6, 6.07) is 3.69. The smallest absolute Gasteiger partial charge is 0.337 e. The molecule has 0 radical (unpaired) electrons. The molecule has 0 fully saturated rings. The molecule has 0 atom stereocenters. The molecule has 0 saturated carbocycles. The Labute approximate surface area is 117 Å². The molecule has 0 saturated heterocycles. The molecule has 0 bridgehead atoms. The second kappa shape index (κ2) is 9.28. The third kappa shape index (κ3) is 5.99. The van der Waals surface area contributed by atoms with Crippen molar-refractivity contribution in [1.29, 1.82) is 0 Å². The Hall–Kier alpha value is -1.66. The molecule has 0 spiro atoms. The average molecular weight is 285 g/mol. The van der Waals surface area contributed by atoms with E-state index in [1.165, 1.54) is 12.1 Å². The van der Waals surface area contributed by atoms with Crippen molar-refractivity contribution < 1.29 is 23.8 Å². The van der Waals surface area contributed by atoms with Crippen LogP contribution in [-0.4, -0.2) is 44.6 Å². The van der Waals surface area contributed by atoms with Crippen molar-refractivity contribution in [2.75, 3.05) is 38.8 Å². The van der Waals surface area contributed by atoms with Gasteiger partial charge in [0.05, 0.1) is 18.8 Å². The van der Waals surface area contributed by atoms with E-state index in [4.69, 9.17) is 14.6 Å². The molecule has 1 aromatic carbocycles. The van der Waals surface area contributed by atoms with Crippen LogP contribution in [0, 0.1) is 5.82 Å². The molecule has 20 heavy (non-hydrogen) atoms. The van der Waals surface area contributed by atoms with Crippen LogP contribution in [0.2, 0.25) is 0 Å². The molecule has 0 aliphatic rings. The summed E-state index contributed by atoms with van der Waals surface area (Å²) in [5.74, 6) is -1.70. The monoisotopic (exact) mass is 285 g/mol. The zero-order valence-corrected chi connectivity index (χ0v) is 11.5. The van der Waals surface area contributed by atoms with E-state index in [1.807, 2.05) is 0 Å². The number of ether oxygens (including phenoxy) is 2. The molecule has 0 amide bonds. The highest BCUT2D eigenvalue weighted by Crippen LogP contribution is 2.17. The maximum atomic E-state index is 13.0. The lowest BCUT2D eigenvalue weighted by molar-refractivity contribution is 0.0690. The van der Waals surface area contributed by atoms with Gasteiger partial charge in [0.1, 0.15) is 5.82 Å². The maximum absolute atomic E-state index is 13.0. The van der Waals surface area contributed by atoms with Gasteiger partial charge in [-0.15, -0.1) is 0 Å². The highest BCUT2D eigenvalue weighted by atomic mass is 19.1. The first-order valence-corrected chi connectivity index (χ1v) is 6.48. The van der Waals surface area contributed by atoms with Gasteiger partial charge in [0.25, 0.3) is 0 Å². The number of hydrogen-bond donors (Lipinski definition) is 2. The van der Waals surface area contributed by atoms with E-state index >= 15 is 0 Å². The van der Waals surface area contributed by atoms with E-state index in [1.54, 1.807) is 7.11 Å². The normalized spacial score (nSPS) is 10.5. The molecular formula is C14H20FNO4. The number of anilines is 1. The molecule has 0 heterocycles. The Morgan fingerprint density at radius 2 is 2.10 bits per heavy atom. The predicted octanol–water partition coefficient (Wildman–Crippen LogP) is 2.38. The number of carboxylic acid groups (broad SMARTS) is 1. The van der Waals surface area contributed by atoms with Crippen LogP contribution in [-0.2, 0) is 9.47 Å². The van der Waals surface area contributed by atoms with Crippen molar-refractivity contribution in [3.63, 3.8) is 0 Å². The van der Waals surface area contributed by atoms with Crippen molar-refractivity contribution in [3.05, 3.63) is 29.6 Å². The van der Waals surface area contributed by atoms with E-state index in [9.17, 15) is 9.18 Å². The van der Waals surface area contributed by atoms with Crippen molar-refractivity contribution in [1.82, 2.24) is 0 Å². The first-order chi connectivity index (χ1) is 9.65. The third-order valence-corrected chi connectivity index (χ3v) is 2.67. The molecule has 1 aromatic rings. The van der Waals surface area contributed by atoms with E-state index < -0.39 is 11.8 Å². The number of rotatable bonds is 10. The lowest BCUT2D eigenvalue weighted by Gasteiger charge is -2.09. The lowest BCUT2D eigenvalue weighted by Crippen LogP contribution is -2.09. The van der Waals surface area contributed by atoms with Crippen LogP contribution in [0.15, 0.2) is 18.2 Å². The highest BCUT2D eigenvalue weighted by molar-refractivity contribution is 5.94. The summed E-state index contributed by atoms with van der Waals surface area (Å²) in [6.07, 6.45) is 1.70. The molecule has 0 unspecified atom stereocenters. The summed E-state index contributed by atoms with van der Waals surface area (Å²) in [5.41, 5.74) is 0.376. The van der Waals surface area contributed by atoms with E-state index in [0.29, 0.717) is 32.1 Å². The van der Waals surface area contributed by atoms with Gasteiger partial charge >= 0.3 is 5.97 Å². The number of carboxylic acids is 1. The number of methoxy groups -OCH3 is 1. The minimum absolute atomic E-state index is 0.0543. The van der Waals surface area contributed by atoms with Crippen LogP contribution in [0.1, 0.15) is 23.2 Å². The summed E-state index contributed by atoms with van der Waals surface area (Å²) in [4.78, 5) is 11.0. The molecule has 1 rings (SSSR count). The number of carbonyl (C=O) groups is 1. The first kappa shape index (κ1) is 16.4. The van der Waals surface area contributed by atoms with Gasteiger partial charge in [-0.25, -0.2) is 9.18 Å². The number of benzene rings is 1. The highest BCUT2D eigenvalue weighted by Gasteiger charge is 2.10. The molecule has 2 N–H and O–H groups in total. The van der Waals surface area contributed by atoms with Crippen LogP contribution in [0.5, 0.6) is 0 Å². The van der Waals surface area contributed by atoms with Gasteiger partial charge in [-0.2, -0.15) is 0 Å². The van der Waals surface area contributed by atoms with Crippen LogP contribution < -0.4 is 5.32 Å². The zero-order valence-electron chi connectivity index (χ0n) is 11.5. The van der Waals surface area contributed by atoms with Crippen molar-refractivity contribution in [2.24, 2.45) is 0 Å². The summed E-state index contributed by atoms with van der Waals surface area (Å²) in [5, 5.41) is 12.0. The molecular weight excluding hydrogens is 265 g/mol. The van der Waals surface area contributed by atoms with Gasteiger partial charge in [-0.05, 0) is 31.0 Å². The quantitative estimate of drug-likeness (QED) is 0.646. The fourth-order valence-electron chi connectivity index (χ4n) is 1.64. The number of unbranched alkanes of at least 4 members (excludes halogenated alkanes) is 1. The van der Waals surface area contributed by atoms with E-state index in [-0.39, 0.29) is 5.56 Å². The average Bonchev–Trinajstić information content (AvgIpc) is 2.43. The van der Waals surface area contributed by atoms with Crippen molar-refractivity contribution in [2.45, 2.75) is 12.8 Å². The number of aromatic carboxylic acids is 1. The number of hydrogen-bond acceptors (Lipinski definition) is 4. The van der Waals surface area contributed by atoms with Gasteiger partial charge in [-0.1, -0.05) is 0 Å². The van der Waals surface area contributed by atoms with Gasteiger partial charge in [0.2, 0.25) is 0 Å². The first-order valence-electron chi connectivity index (χ1n) is 6.48. The molecule has 0 aliphatic heterocycles. The van der Waals surface area contributed by atoms with E-state index in [2.05, 4.69) is 5.32 Å². The lowest BCUT2D eigenvalue weighted by atomic mass is 10.1. The molecule has 5 nitrogen and oxygen atoms in total. The maximum Gasteiger partial charge on any atom is 0.337 e. The minimum Gasteiger partial charge on any atom is -0.478 e. The Morgan fingerprint density at radius 1 is 1.30 bits per heavy atom. The standard InChI is InChI=1S/C14H20FNO4/c1-19-8-9-20-7-3-2-6-16-13-5-4-11(15)10-12(13)14(17)18/h4-5,10,16H,2-3,6-9H2,1H3,(H,17,18). The summed E-state index contributed by atoms with van der Waals surface area (Å²) < 4.78 is 23.1. The number of halogens is 1. The van der Waals surface area contributed by atoms with Gasteiger partial charge in [-0.3, -0.25) is 0 Å². The second-order valence-electron chi connectivity index (χ2n) is 4.23. The third-order valence-electron chi connectivity index (χ3n) is 2.67. The van der Waals surface area contributed by atoms with Crippen molar-refractivity contribution in [3.8, 4) is 0 Å². The van der Waals surface area contributed by atoms with Gasteiger partial charge in [0.15, 0.2) is 0 Å². The zero-order chi connectivity index (χ0) is 14.8. The summed E-state index contributed by atoms with van der Waals surface area (Å²) in [6.45, 7) is 2.40. The van der Waals surface area contributed by atoms with Crippen LogP contribution in [0.25, 0.3) is 0 Å². The summed E-state index contributed by atoms with van der Waals surface area (Å²) >= 11 is 0. The molecule has 0 aromatic heterocycles. The van der Waals surface area contributed by atoms with Crippen molar-refractivity contribution >= 4 is 11.7 Å². The number of nitrogens with one attached hydrogen (secondary N) is 1. The minimum atomic E-state index is -1.14. The van der Waals surface area contributed by atoms with Crippen LogP contribution in [0.3, 0.4) is 0 Å². The molecule has 0 aliphatic carbocycles. The molecule has 6 heteroatoms. The SMILES string of the molecule is COCCOCCCCNc1ccc(F)cc1C(=O)O. The summed E-state index contributed by atoms with van der Waals surface area (Å²) in [7, 11) is 1.62. The van der Waals surface area contributed by atoms with Gasteiger partial charge < -0.3 is 19.9 Å². The predicted molar refractivity (Wildman–Crippen MR) is 73.8 cm³/mol. The topological polar surface area (TPSA) is 67.8 Å². The van der Waals surface area contributed by atoms with Crippen LogP contribution >= 0.6 is 0 Å². The Bertz CT molecular complexity index is 426. The Morgan fingerprint density at radius 3 is 2.80 bits per heavy atom. The largest absolute Gasteiger partial charge is 0.478 e. The fraction of sp³-hybridized carbons (Fsp3) is 0.500. The fourth-order valence-corrected chi connectivity index (χ4v) is 1.64. The molecule has 112 valence electrons. The van der Waals surface area contributed by atoms with Crippen LogP contribution in [0.4, 0.5) is 10.1 Å². The van der Waals surface area contributed by atoms with E-state index in [0.717, 1.165) is 18.9 Å².